The molecule has 6 nitrogen and oxygen atoms in total. The van der Waals surface area contributed by atoms with E-state index >= 15 is 0 Å². The molecule has 3 atom stereocenters. The zero-order valence-electron chi connectivity index (χ0n) is 17.5. The van der Waals surface area contributed by atoms with E-state index in [0.717, 1.165) is 37.6 Å². The van der Waals surface area contributed by atoms with Gasteiger partial charge in [-0.3, -0.25) is 9.69 Å². The second-order valence-corrected chi connectivity index (χ2v) is 8.04. The molecule has 0 spiro atoms. The van der Waals surface area contributed by atoms with Crippen LogP contribution in [0.25, 0.3) is 0 Å². The SMILES string of the molecule is COc1ccc([C@H]2CN(CC(=O)NCCOc3ccccc3)[C@@H]3CCNC[C@H]23)cc1. The fourth-order valence-corrected chi connectivity index (χ4v) is 4.76. The number of nitrogens with one attached hydrogen (secondary N) is 2. The van der Waals surface area contributed by atoms with Crippen LogP contribution in [-0.4, -0.2) is 63.3 Å². The molecule has 2 N–H and O–H groups in total. The first-order valence-electron chi connectivity index (χ1n) is 10.8. The van der Waals surface area contributed by atoms with Crippen LogP contribution in [0.3, 0.4) is 0 Å². The number of fused-ring (bicyclic) bond motifs is 1. The van der Waals surface area contributed by atoms with Crippen LogP contribution < -0.4 is 20.1 Å². The first kappa shape index (κ1) is 20.7. The van der Waals surface area contributed by atoms with Gasteiger partial charge in [0.2, 0.25) is 5.91 Å². The molecule has 2 heterocycles. The Morgan fingerprint density at radius 2 is 1.93 bits per heavy atom. The quantitative estimate of drug-likeness (QED) is 0.655. The van der Waals surface area contributed by atoms with Gasteiger partial charge in [-0.15, -0.1) is 0 Å². The molecule has 0 aliphatic carbocycles. The highest BCUT2D eigenvalue weighted by atomic mass is 16.5. The Hall–Kier alpha value is -2.57. The number of nitrogens with zero attached hydrogens (tertiary/aromatic N) is 1. The summed E-state index contributed by atoms with van der Waals surface area (Å²) in [4.78, 5) is 14.9. The largest absolute Gasteiger partial charge is 0.497 e. The third kappa shape index (κ3) is 4.94. The van der Waals surface area contributed by atoms with E-state index in [9.17, 15) is 4.79 Å². The summed E-state index contributed by atoms with van der Waals surface area (Å²) >= 11 is 0. The number of amides is 1. The molecule has 0 radical (unpaired) electrons. The number of hydrogen-bond acceptors (Lipinski definition) is 5. The van der Waals surface area contributed by atoms with E-state index in [2.05, 4.69) is 27.7 Å². The maximum atomic E-state index is 12.6. The van der Waals surface area contributed by atoms with E-state index in [4.69, 9.17) is 9.47 Å². The van der Waals surface area contributed by atoms with Gasteiger partial charge in [0.05, 0.1) is 20.2 Å². The molecule has 2 aliphatic rings. The fourth-order valence-electron chi connectivity index (χ4n) is 4.76. The monoisotopic (exact) mass is 409 g/mol. The maximum absolute atomic E-state index is 12.6. The zero-order chi connectivity index (χ0) is 20.8. The number of ether oxygens (including phenoxy) is 2. The third-order valence-electron chi connectivity index (χ3n) is 6.24. The van der Waals surface area contributed by atoms with Gasteiger partial charge in [-0.1, -0.05) is 30.3 Å². The van der Waals surface area contributed by atoms with Gasteiger partial charge in [-0.05, 0) is 48.7 Å². The average molecular weight is 410 g/mol. The Labute approximate surface area is 178 Å². The molecule has 0 bridgehead atoms. The van der Waals surface area contributed by atoms with Gasteiger partial charge < -0.3 is 20.1 Å². The van der Waals surface area contributed by atoms with Crippen LogP contribution in [-0.2, 0) is 4.79 Å². The molecule has 0 aromatic heterocycles. The number of carbonyl (C=O) groups is 1. The summed E-state index contributed by atoms with van der Waals surface area (Å²) in [5, 5.41) is 6.55. The van der Waals surface area contributed by atoms with Gasteiger partial charge in [0.1, 0.15) is 18.1 Å². The van der Waals surface area contributed by atoms with Crippen molar-refractivity contribution in [1.82, 2.24) is 15.5 Å². The van der Waals surface area contributed by atoms with Crippen molar-refractivity contribution in [3.63, 3.8) is 0 Å². The molecule has 2 fully saturated rings. The average Bonchev–Trinajstić information content (AvgIpc) is 3.16. The topological polar surface area (TPSA) is 62.8 Å². The number of carbonyl (C=O) groups excluding carboxylic acids is 1. The molecule has 2 aromatic rings. The van der Waals surface area contributed by atoms with Crippen molar-refractivity contribution in [2.24, 2.45) is 5.92 Å². The van der Waals surface area contributed by atoms with Gasteiger partial charge in [0, 0.05) is 25.0 Å². The molecule has 0 unspecified atom stereocenters. The lowest BCUT2D eigenvalue weighted by Gasteiger charge is -2.33. The van der Waals surface area contributed by atoms with Crippen molar-refractivity contribution in [2.75, 3.05) is 46.4 Å². The Morgan fingerprint density at radius 3 is 2.70 bits per heavy atom. The Bertz CT molecular complexity index is 812. The summed E-state index contributed by atoms with van der Waals surface area (Å²) in [7, 11) is 1.69. The molecule has 160 valence electrons. The van der Waals surface area contributed by atoms with Crippen LogP contribution in [0.15, 0.2) is 54.6 Å². The fraction of sp³-hybridized carbons (Fsp3) is 0.458. The normalized spacial score (nSPS) is 23.6. The minimum Gasteiger partial charge on any atom is -0.497 e. The molecule has 6 heteroatoms. The molecule has 1 amide bonds. The third-order valence-corrected chi connectivity index (χ3v) is 6.24. The Kier molecular flexibility index (Phi) is 6.87. The van der Waals surface area contributed by atoms with Crippen molar-refractivity contribution in [1.29, 1.82) is 0 Å². The van der Waals surface area contributed by atoms with Crippen molar-refractivity contribution in [3.05, 3.63) is 60.2 Å². The molecular weight excluding hydrogens is 378 g/mol. The van der Waals surface area contributed by atoms with E-state index in [0.29, 0.717) is 37.6 Å². The van der Waals surface area contributed by atoms with E-state index in [-0.39, 0.29) is 5.91 Å². The number of methoxy groups -OCH3 is 1. The van der Waals surface area contributed by atoms with Crippen molar-refractivity contribution in [2.45, 2.75) is 18.4 Å². The second-order valence-electron chi connectivity index (χ2n) is 8.04. The number of piperidine rings is 1. The highest BCUT2D eigenvalue weighted by molar-refractivity contribution is 5.78. The maximum Gasteiger partial charge on any atom is 0.234 e. The number of rotatable bonds is 8. The summed E-state index contributed by atoms with van der Waals surface area (Å²) in [6.45, 7) is 4.36. The lowest BCUT2D eigenvalue weighted by atomic mass is 9.82. The van der Waals surface area contributed by atoms with Crippen LogP contribution in [0.4, 0.5) is 0 Å². The van der Waals surface area contributed by atoms with Crippen molar-refractivity contribution < 1.29 is 14.3 Å². The minimum absolute atomic E-state index is 0.0688. The van der Waals surface area contributed by atoms with Crippen LogP contribution >= 0.6 is 0 Å². The van der Waals surface area contributed by atoms with Crippen molar-refractivity contribution >= 4 is 5.91 Å². The van der Waals surface area contributed by atoms with E-state index < -0.39 is 0 Å². The van der Waals surface area contributed by atoms with Gasteiger partial charge in [-0.25, -0.2) is 0 Å². The van der Waals surface area contributed by atoms with Gasteiger partial charge in [0.15, 0.2) is 0 Å². The van der Waals surface area contributed by atoms with Crippen LogP contribution in [0.5, 0.6) is 11.5 Å². The first-order chi connectivity index (χ1) is 14.7. The molecular formula is C24H31N3O3. The van der Waals surface area contributed by atoms with E-state index in [1.807, 2.05) is 42.5 Å². The zero-order valence-corrected chi connectivity index (χ0v) is 17.5. The van der Waals surface area contributed by atoms with Gasteiger partial charge in [0.25, 0.3) is 0 Å². The summed E-state index contributed by atoms with van der Waals surface area (Å²) in [5.74, 6) is 2.73. The Balaban J connectivity index is 1.31. The summed E-state index contributed by atoms with van der Waals surface area (Å²) in [6.07, 6.45) is 1.09. The molecule has 4 rings (SSSR count). The minimum atomic E-state index is 0.0688. The second kappa shape index (κ2) is 9.96. The smallest absolute Gasteiger partial charge is 0.234 e. The lowest BCUT2D eigenvalue weighted by Crippen LogP contribution is -2.47. The number of hydrogen-bond donors (Lipinski definition) is 2. The van der Waals surface area contributed by atoms with E-state index in [1.54, 1.807) is 7.11 Å². The first-order valence-corrected chi connectivity index (χ1v) is 10.8. The highest BCUT2D eigenvalue weighted by Crippen LogP contribution is 2.39. The van der Waals surface area contributed by atoms with Crippen LogP contribution in [0.2, 0.25) is 0 Å². The lowest BCUT2D eigenvalue weighted by molar-refractivity contribution is -0.122. The number of benzene rings is 2. The van der Waals surface area contributed by atoms with Crippen molar-refractivity contribution in [3.8, 4) is 11.5 Å². The molecule has 30 heavy (non-hydrogen) atoms. The molecule has 2 aromatic carbocycles. The summed E-state index contributed by atoms with van der Waals surface area (Å²) < 4.78 is 11.0. The van der Waals surface area contributed by atoms with Gasteiger partial charge in [-0.2, -0.15) is 0 Å². The predicted molar refractivity (Wildman–Crippen MR) is 117 cm³/mol. The standard InChI is InChI=1S/C24H31N3O3/c1-29-19-9-7-18(8-10-19)22-16-27(23-11-12-25-15-21(22)23)17-24(28)26-13-14-30-20-5-3-2-4-6-20/h2-10,21-23,25H,11-17H2,1H3,(H,26,28)/t21-,22-,23-/m1/s1. The summed E-state index contributed by atoms with van der Waals surface area (Å²) in [5.41, 5.74) is 1.33. The predicted octanol–water partition coefficient (Wildman–Crippen LogP) is 2.27. The highest BCUT2D eigenvalue weighted by Gasteiger charge is 2.43. The van der Waals surface area contributed by atoms with Gasteiger partial charge >= 0.3 is 0 Å². The molecule has 0 saturated carbocycles. The van der Waals surface area contributed by atoms with E-state index in [1.165, 1.54) is 5.56 Å². The number of para-hydroxylation sites is 1. The molecule has 2 aliphatic heterocycles. The van der Waals surface area contributed by atoms with Crippen LogP contribution in [0.1, 0.15) is 17.9 Å². The molecule has 2 saturated heterocycles. The van der Waals surface area contributed by atoms with Crippen LogP contribution in [0, 0.1) is 5.92 Å². The number of likely N-dealkylation sites (tertiary alicyclic amines) is 1. The summed E-state index contributed by atoms with van der Waals surface area (Å²) in [6, 6.07) is 18.5. The Morgan fingerprint density at radius 1 is 1.13 bits per heavy atom.